The van der Waals surface area contributed by atoms with Crippen molar-refractivity contribution < 1.29 is 18.7 Å². The van der Waals surface area contributed by atoms with E-state index in [9.17, 15) is 13.6 Å². The molecule has 0 atom stereocenters. The Hall–Kier alpha value is -2.27. The minimum Gasteiger partial charge on any atom is -0.478 e. The van der Waals surface area contributed by atoms with Gasteiger partial charge in [0.05, 0.1) is 5.56 Å². The summed E-state index contributed by atoms with van der Waals surface area (Å²) < 4.78 is 26.4. The molecule has 0 amide bonds. The third kappa shape index (κ3) is 4.10. The number of benzene rings is 2. The fraction of sp³-hybridized carbons (Fsp3) is 0.188. The highest BCUT2D eigenvalue weighted by Gasteiger charge is 2.06. The van der Waals surface area contributed by atoms with E-state index in [1.807, 2.05) is 0 Å². The Morgan fingerprint density at radius 1 is 1.10 bits per heavy atom. The summed E-state index contributed by atoms with van der Waals surface area (Å²) in [5, 5.41) is 11.9. The van der Waals surface area contributed by atoms with Crippen LogP contribution in [0.3, 0.4) is 0 Å². The van der Waals surface area contributed by atoms with E-state index in [0.29, 0.717) is 25.1 Å². The molecular weight excluding hydrogens is 276 g/mol. The molecule has 21 heavy (non-hydrogen) atoms. The van der Waals surface area contributed by atoms with Crippen LogP contribution in [0.5, 0.6) is 0 Å². The van der Waals surface area contributed by atoms with Crippen LogP contribution in [0.4, 0.5) is 8.78 Å². The molecule has 0 heterocycles. The number of halogens is 2. The average Bonchev–Trinajstić information content (AvgIpc) is 2.48. The summed E-state index contributed by atoms with van der Waals surface area (Å²) in [4.78, 5) is 10.7. The molecule has 0 spiro atoms. The lowest BCUT2D eigenvalue weighted by Gasteiger charge is -2.07. The highest BCUT2D eigenvalue weighted by atomic mass is 19.2. The number of nitrogens with one attached hydrogen (secondary N) is 1. The number of rotatable bonds is 6. The zero-order chi connectivity index (χ0) is 15.2. The van der Waals surface area contributed by atoms with Gasteiger partial charge in [-0.3, -0.25) is 0 Å². The predicted octanol–water partition coefficient (Wildman–Crippen LogP) is 3.00. The predicted molar refractivity (Wildman–Crippen MR) is 75.2 cm³/mol. The molecule has 0 aliphatic heterocycles. The second-order valence-electron chi connectivity index (χ2n) is 4.64. The quantitative estimate of drug-likeness (QED) is 0.804. The van der Waals surface area contributed by atoms with Gasteiger partial charge < -0.3 is 10.4 Å². The number of aromatic carboxylic acids is 1. The van der Waals surface area contributed by atoms with E-state index in [0.717, 1.165) is 11.6 Å². The monoisotopic (exact) mass is 291 g/mol. The SMILES string of the molecule is O=C(O)c1ccc(CNCCc2cccc(F)c2F)cc1. The summed E-state index contributed by atoms with van der Waals surface area (Å²) in [6.07, 6.45) is 0.386. The molecule has 0 bridgehead atoms. The maximum Gasteiger partial charge on any atom is 0.335 e. The second-order valence-corrected chi connectivity index (χ2v) is 4.64. The molecule has 3 nitrogen and oxygen atoms in total. The molecule has 0 unspecified atom stereocenters. The van der Waals surface area contributed by atoms with Crippen molar-refractivity contribution in [1.82, 2.24) is 5.32 Å². The molecule has 110 valence electrons. The van der Waals surface area contributed by atoms with E-state index in [-0.39, 0.29) is 5.56 Å². The van der Waals surface area contributed by atoms with Crippen LogP contribution in [0, 0.1) is 11.6 Å². The molecule has 2 aromatic rings. The van der Waals surface area contributed by atoms with Crippen molar-refractivity contribution in [2.24, 2.45) is 0 Å². The Labute approximate surface area is 121 Å². The summed E-state index contributed by atoms with van der Waals surface area (Å²) in [5.41, 5.74) is 1.50. The summed E-state index contributed by atoms with van der Waals surface area (Å²) in [5.74, 6) is -2.60. The summed E-state index contributed by atoms with van der Waals surface area (Å²) in [6, 6.07) is 10.6. The highest BCUT2D eigenvalue weighted by molar-refractivity contribution is 5.87. The van der Waals surface area contributed by atoms with E-state index in [1.165, 1.54) is 18.2 Å². The molecule has 0 aromatic heterocycles. The van der Waals surface area contributed by atoms with Gasteiger partial charge in [0.25, 0.3) is 0 Å². The van der Waals surface area contributed by atoms with Crippen LogP contribution in [0.25, 0.3) is 0 Å². The van der Waals surface area contributed by atoms with Gasteiger partial charge in [-0.2, -0.15) is 0 Å². The first-order chi connectivity index (χ1) is 10.1. The maximum absolute atomic E-state index is 13.4. The largest absolute Gasteiger partial charge is 0.478 e. The van der Waals surface area contributed by atoms with Crippen molar-refractivity contribution in [2.75, 3.05) is 6.54 Å². The van der Waals surface area contributed by atoms with Gasteiger partial charge in [-0.1, -0.05) is 24.3 Å². The molecule has 2 N–H and O–H groups in total. The van der Waals surface area contributed by atoms with E-state index < -0.39 is 17.6 Å². The Bertz CT molecular complexity index is 627. The lowest BCUT2D eigenvalue weighted by atomic mass is 10.1. The molecule has 0 saturated heterocycles. The maximum atomic E-state index is 13.4. The fourth-order valence-electron chi connectivity index (χ4n) is 1.96. The number of hydrogen-bond acceptors (Lipinski definition) is 2. The van der Waals surface area contributed by atoms with Crippen molar-refractivity contribution >= 4 is 5.97 Å². The first-order valence-electron chi connectivity index (χ1n) is 6.54. The van der Waals surface area contributed by atoms with E-state index in [2.05, 4.69) is 5.32 Å². The van der Waals surface area contributed by atoms with Gasteiger partial charge in [-0.05, 0) is 42.3 Å². The standard InChI is InChI=1S/C16H15F2NO2/c17-14-3-1-2-12(15(14)18)8-9-19-10-11-4-6-13(7-5-11)16(20)21/h1-7,19H,8-10H2,(H,20,21). The van der Waals surface area contributed by atoms with Gasteiger partial charge in [0.1, 0.15) is 0 Å². The van der Waals surface area contributed by atoms with E-state index in [4.69, 9.17) is 5.11 Å². The van der Waals surface area contributed by atoms with Gasteiger partial charge in [-0.15, -0.1) is 0 Å². The first kappa shape index (κ1) is 15.1. The fourth-order valence-corrected chi connectivity index (χ4v) is 1.96. The van der Waals surface area contributed by atoms with Crippen molar-refractivity contribution in [2.45, 2.75) is 13.0 Å². The molecule has 2 aromatic carbocycles. The summed E-state index contributed by atoms with van der Waals surface area (Å²) in [6.45, 7) is 1.04. The lowest BCUT2D eigenvalue weighted by molar-refractivity contribution is 0.0697. The number of hydrogen-bond donors (Lipinski definition) is 2. The normalized spacial score (nSPS) is 10.6. The van der Waals surface area contributed by atoms with Crippen molar-refractivity contribution in [3.8, 4) is 0 Å². The molecule has 0 saturated carbocycles. The Kier molecular flexibility index (Phi) is 5.00. The molecule has 0 aliphatic carbocycles. The molecule has 2 rings (SSSR count). The van der Waals surface area contributed by atoms with Crippen LogP contribution in [0.1, 0.15) is 21.5 Å². The van der Waals surface area contributed by atoms with Crippen LogP contribution < -0.4 is 5.32 Å². The number of carboxylic acids is 1. The molecule has 5 heteroatoms. The third-order valence-electron chi connectivity index (χ3n) is 3.13. The summed E-state index contributed by atoms with van der Waals surface area (Å²) in [7, 11) is 0. The van der Waals surface area contributed by atoms with Crippen LogP contribution in [-0.4, -0.2) is 17.6 Å². The van der Waals surface area contributed by atoms with E-state index >= 15 is 0 Å². The third-order valence-corrected chi connectivity index (χ3v) is 3.13. The van der Waals surface area contributed by atoms with Gasteiger partial charge in [0.15, 0.2) is 11.6 Å². The topological polar surface area (TPSA) is 49.3 Å². The number of carbonyl (C=O) groups is 1. The van der Waals surface area contributed by atoms with Crippen LogP contribution >= 0.6 is 0 Å². The first-order valence-corrected chi connectivity index (χ1v) is 6.54. The van der Waals surface area contributed by atoms with Crippen molar-refractivity contribution in [1.29, 1.82) is 0 Å². The zero-order valence-corrected chi connectivity index (χ0v) is 11.3. The van der Waals surface area contributed by atoms with Gasteiger partial charge in [0.2, 0.25) is 0 Å². The van der Waals surface area contributed by atoms with E-state index in [1.54, 1.807) is 18.2 Å². The van der Waals surface area contributed by atoms with Crippen molar-refractivity contribution in [3.63, 3.8) is 0 Å². The van der Waals surface area contributed by atoms with Gasteiger partial charge >= 0.3 is 5.97 Å². The Morgan fingerprint density at radius 3 is 2.48 bits per heavy atom. The highest BCUT2D eigenvalue weighted by Crippen LogP contribution is 2.11. The number of carboxylic acid groups (broad SMARTS) is 1. The lowest BCUT2D eigenvalue weighted by Crippen LogP contribution is -2.17. The Balaban J connectivity index is 1.82. The molecule has 0 fully saturated rings. The second kappa shape index (κ2) is 6.95. The zero-order valence-electron chi connectivity index (χ0n) is 11.3. The van der Waals surface area contributed by atoms with Crippen LogP contribution in [0.15, 0.2) is 42.5 Å². The smallest absolute Gasteiger partial charge is 0.335 e. The van der Waals surface area contributed by atoms with Gasteiger partial charge in [0, 0.05) is 6.54 Å². The molecule has 0 aliphatic rings. The Morgan fingerprint density at radius 2 is 1.81 bits per heavy atom. The van der Waals surface area contributed by atoms with Crippen molar-refractivity contribution in [3.05, 3.63) is 70.8 Å². The molecular formula is C16H15F2NO2. The average molecular weight is 291 g/mol. The van der Waals surface area contributed by atoms with Gasteiger partial charge in [-0.25, -0.2) is 13.6 Å². The minimum absolute atomic E-state index is 0.237. The summed E-state index contributed by atoms with van der Waals surface area (Å²) >= 11 is 0. The van der Waals surface area contributed by atoms with Crippen LogP contribution in [-0.2, 0) is 13.0 Å². The minimum atomic E-state index is -0.962. The van der Waals surface area contributed by atoms with Crippen LogP contribution in [0.2, 0.25) is 0 Å². The molecule has 0 radical (unpaired) electrons.